The highest BCUT2D eigenvalue weighted by Crippen LogP contribution is 2.26. The first-order valence-corrected chi connectivity index (χ1v) is 6.62. The third-order valence-electron chi connectivity index (χ3n) is 2.85. The van der Waals surface area contributed by atoms with Crippen LogP contribution in [0.15, 0.2) is 0 Å². The molecule has 0 aliphatic heterocycles. The Morgan fingerprint density at radius 3 is 2.26 bits per heavy atom. The average molecular weight is 266 g/mol. The quantitative estimate of drug-likeness (QED) is 0.858. The molecule has 0 saturated heterocycles. The Bertz CT molecular complexity index is 426. The molecule has 2 N–H and O–H groups in total. The number of ether oxygens (including phenoxy) is 1. The lowest BCUT2D eigenvalue weighted by Gasteiger charge is -2.22. The van der Waals surface area contributed by atoms with Crippen molar-refractivity contribution in [3.8, 4) is 0 Å². The Morgan fingerprint density at radius 2 is 1.79 bits per heavy atom. The van der Waals surface area contributed by atoms with Crippen LogP contribution < -0.4 is 10.6 Å². The molecule has 0 spiro atoms. The molecule has 0 amide bonds. The highest BCUT2D eigenvalue weighted by atomic mass is 16.5. The van der Waals surface area contributed by atoms with Crippen molar-refractivity contribution in [2.24, 2.45) is 0 Å². The van der Waals surface area contributed by atoms with Gasteiger partial charge in [0.15, 0.2) is 0 Å². The first kappa shape index (κ1) is 15.7. The highest BCUT2D eigenvalue weighted by molar-refractivity contribution is 5.57. The number of rotatable bonds is 5. The molecule has 1 heterocycles. The van der Waals surface area contributed by atoms with Gasteiger partial charge >= 0.3 is 0 Å². The summed E-state index contributed by atoms with van der Waals surface area (Å²) < 4.78 is 5.15. The van der Waals surface area contributed by atoms with Crippen LogP contribution in [0.5, 0.6) is 0 Å². The second-order valence-corrected chi connectivity index (χ2v) is 5.87. The van der Waals surface area contributed by atoms with Gasteiger partial charge in [0.2, 0.25) is 0 Å². The Kier molecular flexibility index (Phi) is 5.11. The van der Waals surface area contributed by atoms with Gasteiger partial charge in [-0.2, -0.15) is 0 Å². The van der Waals surface area contributed by atoms with Crippen LogP contribution in [0.2, 0.25) is 0 Å². The monoisotopic (exact) mass is 266 g/mol. The third kappa shape index (κ3) is 4.06. The number of hydrogen-bond donors (Lipinski definition) is 2. The summed E-state index contributed by atoms with van der Waals surface area (Å²) in [5, 5.41) is 6.51. The predicted octanol–water partition coefficient (Wildman–Crippen LogP) is 2.57. The molecule has 1 atom stereocenters. The van der Waals surface area contributed by atoms with Gasteiger partial charge in [0, 0.05) is 31.2 Å². The molecule has 19 heavy (non-hydrogen) atoms. The Labute approximate surface area is 116 Å². The SMILES string of the molecule is CNc1nc(C(C)(C)C)nc(NC(C)COC)c1C. The van der Waals surface area contributed by atoms with Crippen LogP contribution in [-0.4, -0.2) is 36.8 Å². The van der Waals surface area contributed by atoms with E-state index in [1.807, 2.05) is 14.0 Å². The molecule has 0 aliphatic rings. The van der Waals surface area contributed by atoms with Crippen LogP contribution in [0.25, 0.3) is 0 Å². The molecule has 1 rings (SSSR count). The molecular formula is C14H26N4O. The van der Waals surface area contributed by atoms with Crippen molar-refractivity contribution in [2.45, 2.75) is 46.1 Å². The van der Waals surface area contributed by atoms with Crippen LogP contribution in [0, 0.1) is 6.92 Å². The molecule has 0 saturated carbocycles. The van der Waals surface area contributed by atoms with Gasteiger partial charge in [-0.15, -0.1) is 0 Å². The Morgan fingerprint density at radius 1 is 1.21 bits per heavy atom. The molecule has 5 heteroatoms. The van der Waals surface area contributed by atoms with Crippen LogP contribution in [0.1, 0.15) is 39.1 Å². The second-order valence-electron chi connectivity index (χ2n) is 5.87. The maximum absolute atomic E-state index is 5.15. The molecule has 1 aromatic heterocycles. The molecule has 0 aromatic carbocycles. The zero-order chi connectivity index (χ0) is 14.6. The number of aromatic nitrogens is 2. The number of methoxy groups -OCH3 is 1. The molecule has 5 nitrogen and oxygen atoms in total. The van der Waals surface area contributed by atoms with Gasteiger partial charge in [-0.05, 0) is 13.8 Å². The van der Waals surface area contributed by atoms with Crippen LogP contribution in [-0.2, 0) is 10.2 Å². The van der Waals surface area contributed by atoms with Crippen molar-refractivity contribution in [3.63, 3.8) is 0 Å². The van der Waals surface area contributed by atoms with Crippen molar-refractivity contribution in [1.29, 1.82) is 0 Å². The summed E-state index contributed by atoms with van der Waals surface area (Å²) in [4.78, 5) is 9.24. The largest absolute Gasteiger partial charge is 0.383 e. The molecule has 1 aromatic rings. The van der Waals surface area contributed by atoms with Crippen molar-refractivity contribution in [1.82, 2.24) is 9.97 Å². The van der Waals surface area contributed by atoms with Crippen LogP contribution in [0.3, 0.4) is 0 Å². The fourth-order valence-corrected chi connectivity index (χ4v) is 1.76. The van der Waals surface area contributed by atoms with Gasteiger partial charge in [-0.25, -0.2) is 9.97 Å². The lowest BCUT2D eigenvalue weighted by atomic mass is 9.95. The summed E-state index contributed by atoms with van der Waals surface area (Å²) in [6, 6.07) is 0.205. The van der Waals surface area contributed by atoms with Crippen molar-refractivity contribution in [2.75, 3.05) is 31.4 Å². The predicted molar refractivity (Wildman–Crippen MR) is 80.0 cm³/mol. The van der Waals surface area contributed by atoms with E-state index in [1.165, 1.54) is 0 Å². The second kappa shape index (κ2) is 6.19. The van der Waals surface area contributed by atoms with Gasteiger partial charge in [-0.1, -0.05) is 20.8 Å². The van der Waals surface area contributed by atoms with Gasteiger partial charge in [0.25, 0.3) is 0 Å². The minimum atomic E-state index is -0.0831. The summed E-state index contributed by atoms with van der Waals surface area (Å²) in [6.07, 6.45) is 0. The average Bonchev–Trinajstić information content (AvgIpc) is 2.30. The normalized spacial score (nSPS) is 13.2. The van der Waals surface area contributed by atoms with Gasteiger partial charge < -0.3 is 15.4 Å². The van der Waals surface area contributed by atoms with E-state index in [1.54, 1.807) is 7.11 Å². The van der Waals surface area contributed by atoms with Gasteiger partial charge in [0.1, 0.15) is 17.5 Å². The van der Waals surface area contributed by atoms with Gasteiger partial charge in [-0.3, -0.25) is 0 Å². The zero-order valence-corrected chi connectivity index (χ0v) is 13.1. The van der Waals surface area contributed by atoms with Crippen LogP contribution >= 0.6 is 0 Å². The number of hydrogen-bond acceptors (Lipinski definition) is 5. The maximum Gasteiger partial charge on any atom is 0.138 e. The van der Waals surface area contributed by atoms with Gasteiger partial charge in [0.05, 0.1) is 6.61 Å². The third-order valence-corrected chi connectivity index (χ3v) is 2.85. The lowest BCUT2D eigenvalue weighted by molar-refractivity contribution is 0.190. The number of nitrogens with one attached hydrogen (secondary N) is 2. The lowest BCUT2D eigenvalue weighted by Crippen LogP contribution is -2.25. The maximum atomic E-state index is 5.15. The standard InChI is InChI=1S/C14H26N4O/c1-9(8-19-7)16-12-10(2)11(15-6)17-13(18-12)14(3,4)5/h9H,8H2,1-7H3,(H2,15,16,17,18). The van der Waals surface area contributed by atoms with E-state index in [0.717, 1.165) is 23.0 Å². The summed E-state index contributed by atoms with van der Waals surface area (Å²) in [5.41, 5.74) is 0.943. The molecule has 108 valence electrons. The summed E-state index contributed by atoms with van der Waals surface area (Å²) in [6.45, 7) is 11.1. The molecule has 0 bridgehead atoms. The summed E-state index contributed by atoms with van der Waals surface area (Å²) in [5.74, 6) is 2.57. The van der Waals surface area contributed by atoms with E-state index in [4.69, 9.17) is 4.74 Å². The van der Waals surface area contributed by atoms with E-state index in [2.05, 4.69) is 48.3 Å². The molecule has 1 unspecified atom stereocenters. The molecule has 0 radical (unpaired) electrons. The zero-order valence-electron chi connectivity index (χ0n) is 13.1. The van der Waals surface area contributed by atoms with E-state index in [-0.39, 0.29) is 11.5 Å². The fourth-order valence-electron chi connectivity index (χ4n) is 1.76. The van der Waals surface area contributed by atoms with E-state index < -0.39 is 0 Å². The van der Waals surface area contributed by atoms with E-state index >= 15 is 0 Å². The molecule has 0 aliphatic carbocycles. The highest BCUT2D eigenvalue weighted by Gasteiger charge is 2.21. The fraction of sp³-hybridized carbons (Fsp3) is 0.714. The summed E-state index contributed by atoms with van der Waals surface area (Å²) >= 11 is 0. The molecule has 0 fully saturated rings. The van der Waals surface area contributed by atoms with Crippen LogP contribution in [0.4, 0.5) is 11.6 Å². The van der Waals surface area contributed by atoms with E-state index in [9.17, 15) is 0 Å². The minimum absolute atomic E-state index is 0.0831. The number of nitrogens with zero attached hydrogens (tertiary/aromatic N) is 2. The van der Waals surface area contributed by atoms with Crippen molar-refractivity contribution < 1.29 is 4.74 Å². The Hall–Kier alpha value is -1.36. The van der Waals surface area contributed by atoms with Crippen molar-refractivity contribution >= 4 is 11.6 Å². The van der Waals surface area contributed by atoms with Crippen molar-refractivity contribution in [3.05, 3.63) is 11.4 Å². The Balaban J connectivity index is 3.15. The smallest absolute Gasteiger partial charge is 0.138 e. The first-order chi connectivity index (χ1) is 8.79. The first-order valence-electron chi connectivity index (χ1n) is 6.62. The van der Waals surface area contributed by atoms with E-state index in [0.29, 0.717) is 6.61 Å². The topological polar surface area (TPSA) is 59.1 Å². The summed E-state index contributed by atoms with van der Waals surface area (Å²) in [7, 11) is 3.58. The molecular weight excluding hydrogens is 240 g/mol. The number of anilines is 2. The minimum Gasteiger partial charge on any atom is -0.383 e.